The number of nitro groups is 1. The van der Waals surface area contributed by atoms with E-state index in [0.29, 0.717) is 0 Å². The maximum absolute atomic E-state index is 10.7. The first-order chi connectivity index (χ1) is 8.68. The Bertz CT molecular complexity index is 507. The minimum atomic E-state index is -1.77. The van der Waals surface area contributed by atoms with E-state index in [0.717, 1.165) is 18.2 Å². The Hall–Kier alpha value is -3.21. The van der Waals surface area contributed by atoms with Gasteiger partial charge >= 0.3 is 11.9 Å². The minimum absolute atomic E-state index is 0. The Kier molecular flexibility index (Phi) is 7.65. The summed E-state index contributed by atoms with van der Waals surface area (Å²) >= 11 is 0. The van der Waals surface area contributed by atoms with Crippen LogP contribution < -0.4 is 22.0 Å². The van der Waals surface area contributed by atoms with Gasteiger partial charge in [0.2, 0.25) is 0 Å². The molecule has 0 bridgehead atoms. The normalized spacial score (nSPS) is 8.40. The monoisotopic (exact) mass is 288 g/mol. The second-order valence-corrected chi connectivity index (χ2v) is 3.05. The van der Waals surface area contributed by atoms with Gasteiger partial charge < -0.3 is 20.5 Å². The van der Waals surface area contributed by atoms with Crippen LogP contribution in [0.1, 0.15) is 20.7 Å². The molecule has 1 aromatic carbocycles. The highest BCUT2D eigenvalue weighted by atomic mass is 16.6. The van der Waals surface area contributed by atoms with Crippen LogP contribution in [-0.2, 0) is 0 Å². The fourth-order valence-electron chi connectivity index (χ4n) is 1.09. The maximum atomic E-state index is 10.7. The summed E-state index contributed by atoms with van der Waals surface area (Å²) in [6.07, 6.45) is 0. The first kappa shape index (κ1) is 19.1. The van der Waals surface area contributed by atoms with Crippen LogP contribution in [-0.4, -0.2) is 33.4 Å². The molecule has 0 saturated heterocycles. The van der Waals surface area contributed by atoms with Gasteiger partial charge in [0, 0.05) is 11.6 Å². The molecule has 1 aromatic rings. The number of hydrogen-bond donors (Lipinski definition) is 4. The molecule has 11 nitrogen and oxygen atoms in total. The third-order valence-corrected chi connectivity index (χ3v) is 1.67. The summed E-state index contributed by atoms with van der Waals surface area (Å²) in [5.74, 6) is -3.53. The SMILES string of the molecule is NC(N)=[NH2+].O.O=C([O-])c1cccc([N+](=O)[O-])c1C(=O)O. The van der Waals surface area contributed by atoms with Crippen LogP contribution in [0, 0.1) is 10.1 Å². The van der Waals surface area contributed by atoms with E-state index < -0.39 is 33.7 Å². The summed E-state index contributed by atoms with van der Waals surface area (Å²) in [6.45, 7) is 0. The largest absolute Gasteiger partial charge is 0.545 e. The molecule has 0 fully saturated rings. The minimum Gasteiger partial charge on any atom is -0.545 e. The standard InChI is InChI=1S/C8H5NO6.CH5N3.H2O/c10-7(11)4-2-1-3-5(9(14)15)6(4)8(12)13;2-1(3)4;/h1-3H,(H,10,11)(H,12,13);(H5,2,3,4);1H2. The lowest BCUT2D eigenvalue weighted by atomic mass is 10.1. The van der Waals surface area contributed by atoms with E-state index in [1.807, 2.05) is 0 Å². The van der Waals surface area contributed by atoms with Gasteiger partial charge in [0.15, 0.2) is 0 Å². The number of hydrogen-bond acceptors (Lipinski definition) is 5. The molecule has 0 amide bonds. The zero-order valence-electron chi connectivity index (χ0n) is 9.90. The molecule has 0 radical (unpaired) electrons. The second kappa shape index (κ2) is 7.99. The van der Waals surface area contributed by atoms with Crippen LogP contribution in [0.5, 0.6) is 0 Å². The molecule has 11 heteroatoms. The molecule has 110 valence electrons. The first-order valence-corrected chi connectivity index (χ1v) is 4.53. The fourth-order valence-corrected chi connectivity index (χ4v) is 1.09. The van der Waals surface area contributed by atoms with Gasteiger partial charge in [-0.15, -0.1) is 0 Å². The first-order valence-electron chi connectivity index (χ1n) is 4.53. The summed E-state index contributed by atoms with van der Waals surface area (Å²) in [5.41, 5.74) is 6.81. The van der Waals surface area contributed by atoms with Gasteiger partial charge in [0.05, 0.1) is 10.9 Å². The molecule has 0 aromatic heterocycles. The number of nitro benzene ring substituents is 1. The van der Waals surface area contributed by atoms with Crippen molar-refractivity contribution in [2.45, 2.75) is 0 Å². The smallest absolute Gasteiger partial charge is 0.343 e. The summed E-state index contributed by atoms with van der Waals surface area (Å²) in [7, 11) is 0. The topological polar surface area (TPSA) is 230 Å². The van der Waals surface area contributed by atoms with Crippen LogP contribution in [0.25, 0.3) is 0 Å². The zero-order chi connectivity index (χ0) is 15.2. The molecule has 0 atom stereocenters. The highest BCUT2D eigenvalue weighted by Gasteiger charge is 2.23. The lowest BCUT2D eigenvalue weighted by Crippen LogP contribution is -2.51. The van der Waals surface area contributed by atoms with Crippen LogP contribution in [0.15, 0.2) is 18.2 Å². The van der Waals surface area contributed by atoms with Crippen molar-refractivity contribution in [3.63, 3.8) is 0 Å². The highest BCUT2D eigenvalue weighted by molar-refractivity contribution is 6.03. The number of guanidine groups is 1. The van der Waals surface area contributed by atoms with Gasteiger partial charge in [-0.3, -0.25) is 27.0 Å². The molecule has 0 spiro atoms. The van der Waals surface area contributed by atoms with Crippen molar-refractivity contribution in [3.05, 3.63) is 39.4 Å². The number of nitrogens with two attached hydrogens (primary N) is 3. The van der Waals surface area contributed by atoms with Crippen molar-refractivity contribution < 1.29 is 35.6 Å². The summed E-state index contributed by atoms with van der Waals surface area (Å²) in [6, 6.07) is 2.93. The summed E-state index contributed by atoms with van der Waals surface area (Å²) in [4.78, 5) is 30.6. The van der Waals surface area contributed by atoms with Crippen molar-refractivity contribution in [1.29, 1.82) is 0 Å². The molecule has 0 saturated carbocycles. The molecule has 9 N–H and O–H groups in total. The van der Waals surface area contributed by atoms with Gasteiger partial charge in [-0.1, -0.05) is 12.1 Å². The predicted octanol–water partition coefficient (Wildman–Crippen LogP) is -4.15. The number of aromatic carboxylic acids is 2. The Morgan fingerprint density at radius 3 is 2.05 bits per heavy atom. The van der Waals surface area contributed by atoms with E-state index in [2.05, 4.69) is 16.9 Å². The van der Waals surface area contributed by atoms with Crippen LogP contribution in [0.4, 0.5) is 5.69 Å². The quantitative estimate of drug-likeness (QED) is 0.184. The average Bonchev–Trinajstić information content (AvgIpc) is 2.26. The fraction of sp³-hybridized carbons (Fsp3) is 0. The third kappa shape index (κ3) is 5.42. The highest BCUT2D eigenvalue weighted by Crippen LogP contribution is 2.21. The van der Waals surface area contributed by atoms with E-state index in [9.17, 15) is 24.8 Å². The molecule has 0 unspecified atom stereocenters. The molecular formula is C9H12N4O7. The van der Waals surface area contributed by atoms with Gasteiger partial charge in [-0.05, 0) is 0 Å². The van der Waals surface area contributed by atoms with E-state index in [-0.39, 0.29) is 11.4 Å². The number of carbonyl (C=O) groups excluding carboxylic acids is 1. The van der Waals surface area contributed by atoms with E-state index >= 15 is 0 Å². The van der Waals surface area contributed by atoms with E-state index in [4.69, 9.17) is 5.11 Å². The maximum Gasteiger partial charge on any atom is 0.343 e. The van der Waals surface area contributed by atoms with Crippen LogP contribution >= 0.6 is 0 Å². The van der Waals surface area contributed by atoms with Crippen molar-refractivity contribution in [2.24, 2.45) is 11.5 Å². The Balaban J connectivity index is 0. The average molecular weight is 288 g/mol. The van der Waals surface area contributed by atoms with Crippen molar-refractivity contribution >= 4 is 23.6 Å². The van der Waals surface area contributed by atoms with Gasteiger partial charge in [0.1, 0.15) is 5.56 Å². The number of rotatable bonds is 3. The van der Waals surface area contributed by atoms with Crippen LogP contribution in [0.2, 0.25) is 0 Å². The molecule has 20 heavy (non-hydrogen) atoms. The number of carbonyl (C=O) groups is 2. The molecule has 0 aliphatic heterocycles. The Morgan fingerprint density at radius 2 is 1.75 bits per heavy atom. The molecular weight excluding hydrogens is 276 g/mol. The molecule has 0 aliphatic carbocycles. The van der Waals surface area contributed by atoms with Crippen molar-refractivity contribution in [1.82, 2.24) is 0 Å². The number of benzene rings is 1. The zero-order valence-corrected chi connectivity index (χ0v) is 9.90. The van der Waals surface area contributed by atoms with Crippen molar-refractivity contribution in [2.75, 3.05) is 0 Å². The summed E-state index contributed by atoms with van der Waals surface area (Å²) < 4.78 is 0. The lowest BCUT2D eigenvalue weighted by molar-refractivity contribution is -0.385. The molecule has 0 heterocycles. The predicted molar refractivity (Wildman–Crippen MR) is 63.3 cm³/mol. The number of carboxylic acid groups (broad SMARTS) is 2. The summed E-state index contributed by atoms with van der Waals surface area (Å²) in [5, 5.41) is 34.2. The second-order valence-electron chi connectivity index (χ2n) is 3.05. The molecule has 1 rings (SSSR count). The van der Waals surface area contributed by atoms with Crippen LogP contribution in [0.3, 0.4) is 0 Å². The number of carboxylic acids is 2. The van der Waals surface area contributed by atoms with Gasteiger partial charge in [-0.25, -0.2) is 4.79 Å². The molecule has 0 aliphatic rings. The van der Waals surface area contributed by atoms with E-state index in [1.54, 1.807) is 0 Å². The lowest BCUT2D eigenvalue weighted by Gasteiger charge is -2.06. The van der Waals surface area contributed by atoms with Gasteiger partial charge in [-0.2, -0.15) is 0 Å². The Morgan fingerprint density at radius 1 is 1.30 bits per heavy atom. The number of nitrogens with zero attached hydrogens (tertiary/aromatic N) is 1. The van der Waals surface area contributed by atoms with Gasteiger partial charge in [0.25, 0.3) is 5.69 Å². The van der Waals surface area contributed by atoms with Crippen molar-refractivity contribution in [3.8, 4) is 0 Å². The third-order valence-electron chi connectivity index (χ3n) is 1.67. The van der Waals surface area contributed by atoms with E-state index in [1.165, 1.54) is 0 Å². The Labute approximate surface area is 111 Å².